The molecule has 2 heterocycles. The van der Waals surface area contributed by atoms with E-state index in [0.717, 1.165) is 11.4 Å². The molecule has 112 valence electrons. The number of carbonyl (C=O) groups is 1. The lowest BCUT2D eigenvalue weighted by atomic mass is 10.3. The number of nitrogens with two attached hydrogens (primary N) is 1. The van der Waals surface area contributed by atoms with Crippen molar-refractivity contribution >= 4 is 22.9 Å². The summed E-state index contributed by atoms with van der Waals surface area (Å²) in [6, 6.07) is 3.05. The first kappa shape index (κ1) is 15.4. The molecule has 3 N–H and O–H groups in total. The van der Waals surface area contributed by atoms with Gasteiger partial charge in [-0.15, -0.1) is 11.3 Å². The van der Waals surface area contributed by atoms with E-state index in [0.29, 0.717) is 30.9 Å². The molecule has 0 aliphatic heterocycles. The first-order chi connectivity index (χ1) is 10.1. The Kier molecular flexibility index (Phi) is 5.24. The number of rotatable bonds is 6. The van der Waals surface area contributed by atoms with E-state index in [9.17, 15) is 9.59 Å². The summed E-state index contributed by atoms with van der Waals surface area (Å²) in [6.07, 6.45) is 3.17. The Morgan fingerprint density at radius 2 is 2.29 bits per heavy atom. The fourth-order valence-electron chi connectivity index (χ4n) is 1.87. The van der Waals surface area contributed by atoms with Gasteiger partial charge in [-0.05, 0) is 19.0 Å². The number of aromatic nitrogens is 2. The Morgan fingerprint density at radius 3 is 3.00 bits per heavy atom. The highest BCUT2D eigenvalue weighted by molar-refractivity contribution is 7.09. The molecule has 0 fully saturated rings. The fraction of sp³-hybridized carbons (Fsp3) is 0.357. The van der Waals surface area contributed by atoms with Gasteiger partial charge in [-0.25, -0.2) is 4.98 Å². The molecule has 7 heteroatoms. The summed E-state index contributed by atoms with van der Waals surface area (Å²) in [5.74, 6) is -0.281. The van der Waals surface area contributed by atoms with Crippen LogP contribution in [0.25, 0.3) is 0 Å². The van der Waals surface area contributed by atoms with Crippen molar-refractivity contribution in [2.24, 2.45) is 5.73 Å². The topological polar surface area (TPSA) is 90.0 Å². The van der Waals surface area contributed by atoms with Gasteiger partial charge in [0.05, 0.1) is 10.7 Å². The van der Waals surface area contributed by atoms with Crippen LogP contribution in [0.3, 0.4) is 0 Å². The highest BCUT2D eigenvalue weighted by Gasteiger charge is 2.11. The molecule has 2 aromatic heterocycles. The Balaban J connectivity index is 2.11. The summed E-state index contributed by atoms with van der Waals surface area (Å²) in [4.78, 5) is 28.0. The first-order valence-electron chi connectivity index (χ1n) is 6.80. The Morgan fingerprint density at radius 1 is 1.48 bits per heavy atom. The van der Waals surface area contributed by atoms with Crippen molar-refractivity contribution in [2.45, 2.75) is 26.3 Å². The third-order valence-electron chi connectivity index (χ3n) is 2.85. The molecular formula is C14H18N4O2S. The molecule has 0 aromatic carbocycles. The fourth-order valence-corrected chi connectivity index (χ4v) is 2.66. The van der Waals surface area contributed by atoms with E-state index in [-0.39, 0.29) is 11.5 Å². The molecule has 0 spiro atoms. The molecule has 0 unspecified atom stereocenters. The van der Waals surface area contributed by atoms with Crippen LogP contribution in [0.2, 0.25) is 0 Å². The molecule has 0 aliphatic rings. The molecule has 2 aromatic rings. The van der Waals surface area contributed by atoms with Crippen LogP contribution in [-0.2, 0) is 13.0 Å². The van der Waals surface area contributed by atoms with Crippen LogP contribution in [0.4, 0.5) is 5.69 Å². The van der Waals surface area contributed by atoms with E-state index >= 15 is 0 Å². The second kappa shape index (κ2) is 7.14. The zero-order valence-corrected chi connectivity index (χ0v) is 12.7. The summed E-state index contributed by atoms with van der Waals surface area (Å²) >= 11 is 1.42. The van der Waals surface area contributed by atoms with E-state index in [4.69, 9.17) is 5.73 Å². The first-order valence-corrected chi connectivity index (χ1v) is 7.68. The van der Waals surface area contributed by atoms with E-state index in [1.807, 2.05) is 6.92 Å². The number of thiazole rings is 1. The van der Waals surface area contributed by atoms with Gasteiger partial charge >= 0.3 is 0 Å². The molecule has 0 atom stereocenters. The zero-order valence-electron chi connectivity index (χ0n) is 11.8. The SMILES string of the molecule is CCCn1cc(NC(=O)c2csc(CCN)n2)ccc1=O. The van der Waals surface area contributed by atoms with E-state index in [1.54, 1.807) is 22.2 Å². The molecule has 21 heavy (non-hydrogen) atoms. The van der Waals surface area contributed by atoms with Crippen molar-refractivity contribution in [1.29, 1.82) is 0 Å². The number of hydrogen-bond acceptors (Lipinski definition) is 5. The summed E-state index contributed by atoms with van der Waals surface area (Å²) in [6.45, 7) is 3.13. The van der Waals surface area contributed by atoms with Crippen molar-refractivity contribution in [3.8, 4) is 0 Å². The maximum Gasteiger partial charge on any atom is 0.275 e. The van der Waals surface area contributed by atoms with Gasteiger partial charge in [-0.3, -0.25) is 9.59 Å². The molecule has 0 aliphatic carbocycles. The number of amides is 1. The van der Waals surface area contributed by atoms with Gasteiger partial charge in [0.15, 0.2) is 0 Å². The zero-order chi connectivity index (χ0) is 15.2. The third kappa shape index (κ3) is 3.99. The maximum atomic E-state index is 12.1. The highest BCUT2D eigenvalue weighted by Crippen LogP contribution is 2.12. The molecule has 6 nitrogen and oxygen atoms in total. The van der Waals surface area contributed by atoms with Crippen LogP contribution in [0.1, 0.15) is 28.8 Å². The minimum absolute atomic E-state index is 0.0752. The van der Waals surface area contributed by atoms with Crippen molar-refractivity contribution in [3.63, 3.8) is 0 Å². The van der Waals surface area contributed by atoms with Crippen LogP contribution < -0.4 is 16.6 Å². The maximum absolute atomic E-state index is 12.1. The second-order valence-corrected chi connectivity index (χ2v) is 5.51. The lowest BCUT2D eigenvalue weighted by Crippen LogP contribution is -2.20. The molecular weight excluding hydrogens is 288 g/mol. The number of aryl methyl sites for hydroxylation is 1. The van der Waals surface area contributed by atoms with Crippen molar-refractivity contribution < 1.29 is 4.79 Å². The minimum Gasteiger partial charge on any atom is -0.330 e. The minimum atomic E-state index is -0.281. The van der Waals surface area contributed by atoms with Crippen LogP contribution in [-0.4, -0.2) is 22.0 Å². The Labute approximate surface area is 126 Å². The standard InChI is InChI=1S/C14H18N4O2S/c1-2-7-18-8-10(3-4-13(18)19)16-14(20)11-9-21-12(17-11)5-6-15/h3-4,8-9H,2,5-7,15H2,1H3,(H,16,20). The second-order valence-electron chi connectivity index (χ2n) is 4.57. The lowest BCUT2D eigenvalue weighted by molar-refractivity contribution is 0.102. The predicted octanol–water partition coefficient (Wildman–Crippen LogP) is 1.47. The number of anilines is 1. The summed E-state index contributed by atoms with van der Waals surface area (Å²) in [5.41, 5.74) is 6.34. The quantitative estimate of drug-likeness (QED) is 0.845. The summed E-state index contributed by atoms with van der Waals surface area (Å²) < 4.78 is 1.58. The van der Waals surface area contributed by atoms with Crippen LogP contribution in [0, 0.1) is 0 Å². The third-order valence-corrected chi connectivity index (χ3v) is 3.76. The molecule has 0 radical (unpaired) electrons. The number of carbonyl (C=O) groups excluding carboxylic acids is 1. The smallest absolute Gasteiger partial charge is 0.275 e. The molecule has 0 saturated heterocycles. The van der Waals surface area contributed by atoms with Gasteiger partial charge in [0, 0.05) is 30.6 Å². The lowest BCUT2D eigenvalue weighted by Gasteiger charge is -2.07. The number of hydrogen-bond donors (Lipinski definition) is 2. The molecule has 2 rings (SSSR count). The van der Waals surface area contributed by atoms with Gasteiger partial charge in [-0.2, -0.15) is 0 Å². The van der Waals surface area contributed by atoms with E-state index in [2.05, 4.69) is 10.3 Å². The number of pyridine rings is 1. The van der Waals surface area contributed by atoms with E-state index in [1.165, 1.54) is 17.4 Å². The largest absolute Gasteiger partial charge is 0.330 e. The van der Waals surface area contributed by atoms with Gasteiger partial charge in [0.1, 0.15) is 5.69 Å². The van der Waals surface area contributed by atoms with Crippen LogP contribution in [0.5, 0.6) is 0 Å². The highest BCUT2D eigenvalue weighted by atomic mass is 32.1. The van der Waals surface area contributed by atoms with Gasteiger partial charge in [0.25, 0.3) is 11.5 Å². The number of nitrogens with zero attached hydrogens (tertiary/aromatic N) is 2. The summed E-state index contributed by atoms with van der Waals surface area (Å²) in [5, 5.41) is 5.31. The van der Waals surface area contributed by atoms with E-state index < -0.39 is 0 Å². The number of nitrogens with one attached hydrogen (secondary N) is 1. The molecule has 0 bridgehead atoms. The van der Waals surface area contributed by atoms with Crippen LogP contribution >= 0.6 is 11.3 Å². The van der Waals surface area contributed by atoms with Crippen molar-refractivity contribution in [1.82, 2.24) is 9.55 Å². The summed E-state index contributed by atoms with van der Waals surface area (Å²) in [7, 11) is 0. The molecule has 0 saturated carbocycles. The monoisotopic (exact) mass is 306 g/mol. The van der Waals surface area contributed by atoms with Crippen LogP contribution in [0.15, 0.2) is 28.5 Å². The molecule has 1 amide bonds. The van der Waals surface area contributed by atoms with Gasteiger partial charge in [-0.1, -0.05) is 6.92 Å². The predicted molar refractivity (Wildman–Crippen MR) is 83.8 cm³/mol. The van der Waals surface area contributed by atoms with Gasteiger partial charge in [0.2, 0.25) is 0 Å². The van der Waals surface area contributed by atoms with Gasteiger partial charge < -0.3 is 15.6 Å². The van der Waals surface area contributed by atoms with Crippen molar-refractivity contribution in [3.05, 3.63) is 44.8 Å². The van der Waals surface area contributed by atoms with Crippen molar-refractivity contribution in [2.75, 3.05) is 11.9 Å². The Bertz CT molecular complexity index is 678. The Hall–Kier alpha value is -1.99. The normalized spacial score (nSPS) is 10.6. The average Bonchev–Trinajstić information content (AvgIpc) is 2.92. The average molecular weight is 306 g/mol.